The first-order valence-corrected chi connectivity index (χ1v) is 2.36. The number of carboxylic acid groups (broad SMARTS) is 2. The van der Waals surface area contributed by atoms with Gasteiger partial charge in [-0.05, 0) is 13.8 Å². The minimum absolute atomic E-state index is 0. The molecule has 0 bridgehead atoms. The zero-order valence-electron chi connectivity index (χ0n) is 5.56. The molecule has 0 aromatic rings. The first-order valence-electron chi connectivity index (χ1n) is 2.36. The van der Waals surface area contributed by atoms with Crippen LogP contribution in [0.4, 0.5) is 0 Å². The monoisotopic (exact) mass is 188 g/mol. The van der Waals surface area contributed by atoms with Crippen LogP contribution in [0.25, 0.3) is 0 Å². The number of carboxylic acids is 2. The largest absolute Gasteiger partial charge is 0.480 e. The van der Waals surface area contributed by atoms with Crippen molar-refractivity contribution in [2.24, 2.45) is 5.41 Å². The second kappa shape index (κ2) is 3.58. The third-order valence-corrected chi connectivity index (χ3v) is 1.07. The Bertz CT molecular complexity index is 136. The van der Waals surface area contributed by atoms with Crippen LogP contribution < -0.4 is 0 Å². The van der Waals surface area contributed by atoms with Crippen LogP contribution in [0.15, 0.2) is 0 Å². The minimum Gasteiger partial charge on any atom is -0.480 e. The van der Waals surface area contributed by atoms with E-state index in [0.717, 1.165) is 13.8 Å². The van der Waals surface area contributed by atoms with Crippen molar-refractivity contribution in [1.82, 2.24) is 0 Å². The van der Waals surface area contributed by atoms with Crippen LogP contribution >= 0.6 is 0 Å². The molecule has 5 heteroatoms. The molecule has 0 aliphatic rings. The molecule has 10 heavy (non-hydrogen) atoms. The maximum absolute atomic E-state index is 10.1. The van der Waals surface area contributed by atoms with Gasteiger partial charge in [0.2, 0.25) is 0 Å². The van der Waals surface area contributed by atoms with Crippen molar-refractivity contribution in [3.8, 4) is 0 Å². The van der Waals surface area contributed by atoms with Gasteiger partial charge in [0.25, 0.3) is 0 Å². The van der Waals surface area contributed by atoms with E-state index < -0.39 is 17.4 Å². The molecule has 0 saturated carbocycles. The number of rotatable bonds is 2. The molecule has 0 unspecified atom stereocenters. The topological polar surface area (TPSA) is 74.6 Å². The van der Waals surface area contributed by atoms with Gasteiger partial charge in [-0.1, -0.05) is 0 Å². The molecule has 0 aliphatic heterocycles. The molecule has 0 rings (SSSR count). The van der Waals surface area contributed by atoms with Crippen molar-refractivity contribution in [1.29, 1.82) is 0 Å². The second-order valence-corrected chi connectivity index (χ2v) is 2.24. The van der Waals surface area contributed by atoms with Crippen molar-refractivity contribution >= 4 is 11.9 Å². The van der Waals surface area contributed by atoms with Crippen molar-refractivity contribution in [2.75, 3.05) is 0 Å². The van der Waals surface area contributed by atoms with Gasteiger partial charge >= 0.3 is 11.9 Å². The van der Waals surface area contributed by atoms with Crippen LogP contribution in [-0.4, -0.2) is 22.2 Å². The van der Waals surface area contributed by atoms with Crippen molar-refractivity contribution in [2.45, 2.75) is 13.8 Å². The fourth-order valence-electron chi connectivity index (χ4n) is 0.0915. The summed E-state index contributed by atoms with van der Waals surface area (Å²) in [5, 5.41) is 16.5. The van der Waals surface area contributed by atoms with Crippen LogP contribution in [0.5, 0.6) is 0 Å². The average Bonchev–Trinajstić information content (AvgIpc) is 1.65. The molecule has 0 aromatic heterocycles. The van der Waals surface area contributed by atoms with E-state index in [2.05, 4.69) is 0 Å². The maximum Gasteiger partial charge on any atom is 0.320 e. The van der Waals surface area contributed by atoms with E-state index in [0.29, 0.717) is 0 Å². The van der Waals surface area contributed by atoms with Crippen molar-refractivity contribution < 1.29 is 36.9 Å². The summed E-state index contributed by atoms with van der Waals surface area (Å²) >= 11 is 0. The summed E-state index contributed by atoms with van der Waals surface area (Å²) < 4.78 is 0. The molecular formula is C5H8FeO4. The van der Waals surface area contributed by atoms with Gasteiger partial charge in [-0.25, -0.2) is 0 Å². The van der Waals surface area contributed by atoms with Gasteiger partial charge in [0.05, 0.1) is 0 Å². The SMILES string of the molecule is CC(C)(C(=O)O)C(=O)O.[Fe]. The molecular weight excluding hydrogens is 180 g/mol. The zero-order chi connectivity index (χ0) is 7.65. The van der Waals surface area contributed by atoms with Gasteiger partial charge in [-0.15, -0.1) is 0 Å². The van der Waals surface area contributed by atoms with Crippen LogP contribution in [0.3, 0.4) is 0 Å². The van der Waals surface area contributed by atoms with Gasteiger partial charge in [0, 0.05) is 17.1 Å². The summed E-state index contributed by atoms with van der Waals surface area (Å²) in [6.07, 6.45) is 0. The Kier molecular flexibility index (Phi) is 4.36. The summed E-state index contributed by atoms with van der Waals surface area (Å²) in [5.41, 5.74) is -1.67. The van der Waals surface area contributed by atoms with Gasteiger partial charge < -0.3 is 10.2 Å². The van der Waals surface area contributed by atoms with E-state index in [1.165, 1.54) is 0 Å². The first kappa shape index (κ1) is 12.2. The van der Waals surface area contributed by atoms with Gasteiger partial charge in [0.15, 0.2) is 5.41 Å². The molecule has 0 aliphatic carbocycles. The second-order valence-electron chi connectivity index (χ2n) is 2.24. The quantitative estimate of drug-likeness (QED) is 0.478. The summed E-state index contributed by atoms with van der Waals surface area (Å²) in [7, 11) is 0. The van der Waals surface area contributed by atoms with E-state index in [1.54, 1.807) is 0 Å². The fraction of sp³-hybridized carbons (Fsp3) is 0.600. The van der Waals surface area contributed by atoms with Crippen LogP contribution in [-0.2, 0) is 26.7 Å². The molecule has 0 saturated heterocycles. The van der Waals surface area contributed by atoms with Crippen molar-refractivity contribution in [3.63, 3.8) is 0 Å². The number of hydrogen-bond acceptors (Lipinski definition) is 2. The van der Waals surface area contributed by atoms with Crippen molar-refractivity contribution in [3.05, 3.63) is 0 Å². The van der Waals surface area contributed by atoms with Gasteiger partial charge in [-0.2, -0.15) is 0 Å². The van der Waals surface area contributed by atoms with Crippen LogP contribution in [0, 0.1) is 5.41 Å². The fourth-order valence-corrected chi connectivity index (χ4v) is 0.0915. The summed E-state index contributed by atoms with van der Waals surface area (Å²) in [5.74, 6) is -2.65. The molecule has 0 amide bonds. The van der Waals surface area contributed by atoms with E-state index in [-0.39, 0.29) is 17.1 Å². The normalized spacial score (nSPS) is 9.80. The number of hydrogen-bond donors (Lipinski definition) is 2. The summed E-state index contributed by atoms with van der Waals surface area (Å²) in [6, 6.07) is 0. The predicted octanol–water partition coefficient (Wildman–Crippen LogP) is 0.179. The van der Waals surface area contributed by atoms with E-state index >= 15 is 0 Å². The van der Waals surface area contributed by atoms with Crippen LogP contribution in [0.2, 0.25) is 0 Å². The zero-order valence-corrected chi connectivity index (χ0v) is 6.67. The Balaban J connectivity index is 0. The Morgan fingerprint density at radius 3 is 1.30 bits per heavy atom. The predicted molar refractivity (Wildman–Crippen MR) is 29.1 cm³/mol. The number of carbonyl (C=O) groups is 2. The molecule has 4 nitrogen and oxygen atoms in total. The first-order chi connectivity index (χ1) is 3.89. The molecule has 0 aromatic carbocycles. The Morgan fingerprint density at radius 1 is 1.10 bits per heavy atom. The molecule has 0 fully saturated rings. The van der Waals surface area contributed by atoms with E-state index in [1.807, 2.05) is 0 Å². The Hall–Kier alpha value is -0.541. The Morgan fingerprint density at radius 2 is 1.30 bits per heavy atom. The van der Waals surface area contributed by atoms with Gasteiger partial charge in [0.1, 0.15) is 0 Å². The standard InChI is InChI=1S/C5H8O4.Fe/c1-5(2,3(6)7)4(8)9;/h1-2H3,(H,6,7)(H,8,9);. The number of aliphatic carboxylic acids is 2. The molecule has 2 N–H and O–H groups in total. The van der Waals surface area contributed by atoms with E-state index in [4.69, 9.17) is 10.2 Å². The molecule has 0 radical (unpaired) electrons. The molecule has 60 valence electrons. The van der Waals surface area contributed by atoms with Crippen LogP contribution in [0.1, 0.15) is 13.8 Å². The summed E-state index contributed by atoms with van der Waals surface area (Å²) in [6.45, 7) is 2.27. The third-order valence-electron chi connectivity index (χ3n) is 1.07. The summed E-state index contributed by atoms with van der Waals surface area (Å²) in [4.78, 5) is 20.2. The van der Waals surface area contributed by atoms with E-state index in [9.17, 15) is 9.59 Å². The van der Waals surface area contributed by atoms with Gasteiger partial charge in [-0.3, -0.25) is 9.59 Å². The molecule has 0 spiro atoms. The minimum atomic E-state index is -1.67. The third kappa shape index (κ3) is 2.37. The Labute approximate surface area is 68.7 Å². The smallest absolute Gasteiger partial charge is 0.320 e. The average molecular weight is 188 g/mol. The molecule has 0 atom stereocenters. The maximum atomic E-state index is 10.1. The molecule has 0 heterocycles.